The maximum Gasteiger partial charge on any atom is 0.316 e. The lowest BCUT2D eigenvalue weighted by atomic mass is 9.83. The molecule has 12 heavy (non-hydrogen) atoms. The topological polar surface area (TPSA) is 12.0 Å². The molecule has 0 amide bonds. The molecule has 3 heteroatoms. The van der Waals surface area contributed by atoms with Gasteiger partial charge in [-0.15, -0.1) is 12.4 Å². The first kappa shape index (κ1) is 15.5. The van der Waals surface area contributed by atoms with E-state index in [4.69, 9.17) is 0 Å². The number of rotatable bonds is 0. The Hall–Kier alpha value is 1.02. The minimum Gasteiger partial charge on any atom is -0.307 e. The Kier molecular flexibility index (Phi) is 6.50. The van der Waals surface area contributed by atoms with E-state index >= 15 is 0 Å². The summed E-state index contributed by atoms with van der Waals surface area (Å²) in [6, 6.07) is 0. The van der Waals surface area contributed by atoms with E-state index in [-0.39, 0.29) is 35.5 Å². The van der Waals surface area contributed by atoms with Gasteiger partial charge in [-0.25, -0.2) is 0 Å². The molecule has 1 aliphatic rings. The molecule has 1 fully saturated rings. The minimum absolute atomic E-state index is 0. The molecule has 0 aromatic heterocycles. The molecule has 1 aliphatic heterocycles. The third-order valence-corrected chi connectivity index (χ3v) is 2.28. The van der Waals surface area contributed by atoms with Gasteiger partial charge in [0.05, 0.1) is 0 Å². The van der Waals surface area contributed by atoms with Crippen molar-refractivity contribution >= 4 is 35.5 Å². The molecule has 0 bridgehead atoms. The van der Waals surface area contributed by atoms with E-state index in [1.54, 1.807) is 0 Å². The summed E-state index contributed by atoms with van der Waals surface area (Å²) < 4.78 is 0. The Balaban J connectivity index is 0. The van der Waals surface area contributed by atoms with Crippen molar-refractivity contribution in [3.05, 3.63) is 0 Å². The summed E-state index contributed by atoms with van der Waals surface area (Å²) in [5, 5.41) is 3.63. The fourth-order valence-corrected chi connectivity index (χ4v) is 2.01. The van der Waals surface area contributed by atoms with Crippen molar-refractivity contribution in [2.24, 2.45) is 0 Å². The first-order valence-corrected chi connectivity index (χ1v) is 4.21. The molecule has 0 saturated carbocycles. The van der Waals surface area contributed by atoms with Gasteiger partial charge in [0, 0.05) is 11.1 Å². The highest BCUT2D eigenvalue weighted by atomic mass is 35.5. The van der Waals surface area contributed by atoms with Gasteiger partial charge in [-0.2, -0.15) is 0 Å². The molecule has 1 rings (SSSR count). The lowest BCUT2D eigenvalue weighted by Crippen LogP contribution is -2.55. The average molecular weight is 204 g/mol. The number of halogens is 1. The van der Waals surface area contributed by atoms with Gasteiger partial charge in [0.1, 0.15) is 0 Å². The maximum absolute atomic E-state index is 3.63. The second kappa shape index (κ2) is 5.04. The Labute approximate surface area is 98.6 Å². The van der Waals surface area contributed by atoms with Crippen LogP contribution in [0, 0.1) is 0 Å². The van der Waals surface area contributed by atoms with Crippen molar-refractivity contribution in [3.63, 3.8) is 0 Å². The van der Waals surface area contributed by atoms with Crippen LogP contribution in [0.1, 0.15) is 47.0 Å². The van der Waals surface area contributed by atoms with Crippen molar-refractivity contribution in [1.29, 1.82) is 0 Å². The second-order valence-electron chi connectivity index (χ2n) is 4.75. The second-order valence-corrected chi connectivity index (χ2v) is 4.75. The Bertz CT molecular complexity index is 120. The van der Waals surface area contributed by atoms with E-state index in [0.29, 0.717) is 11.1 Å². The maximum atomic E-state index is 3.63. The Morgan fingerprint density at radius 3 is 1.42 bits per heavy atom. The van der Waals surface area contributed by atoms with Crippen LogP contribution in [0.2, 0.25) is 0 Å². The highest BCUT2D eigenvalue weighted by Gasteiger charge is 2.31. The zero-order chi connectivity index (χ0) is 7.83. The fraction of sp³-hybridized carbons (Fsp3) is 1.00. The molecule has 1 heterocycles. The molecule has 1 N–H and O–H groups in total. The van der Waals surface area contributed by atoms with Crippen LogP contribution in [0.25, 0.3) is 0 Å². The van der Waals surface area contributed by atoms with Crippen LogP contribution < -0.4 is 5.32 Å². The lowest BCUT2D eigenvalue weighted by molar-refractivity contribution is 0.183. The van der Waals surface area contributed by atoms with Crippen LogP contribution >= 0.6 is 12.4 Å². The molecule has 0 radical (unpaired) electrons. The summed E-state index contributed by atoms with van der Waals surface area (Å²) in [6.07, 6.45) is 4.00. The molecule has 0 aromatic rings. The number of hydrogen-bond donors (Lipinski definition) is 1. The summed E-state index contributed by atoms with van der Waals surface area (Å²) in [4.78, 5) is 0. The van der Waals surface area contributed by atoms with Crippen molar-refractivity contribution in [3.8, 4) is 0 Å². The van der Waals surface area contributed by atoms with Gasteiger partial charge in [-0.05, 0) is 47.0 Å². The molecule has 0 aliphatic carbocycles. The Morgan fingerprint density at radius 2 is 1.25 bits per heavy atom. The van der Waals surface area contributed by atoms with E-state index < -0.39 is 0 Å². The smallest absolute Gasteiger partial charge is 0.307 e. The first-order valence-electron chi connectivity index (χ1n) is 4.21. The molecular weight excluding hydrogens is 182 g/mol. The largest absolute Gasteiger partial charge is 0.316 e. The Morgan fingerprint density at radius 1 is 0.917 bits per heavy atom. The van der Waals surface area contributed by atoms with E-state index in [0.717, 1.165) is 0 Å². The van der Waals surface area contributed by atoms with Crippen LogP contribution in [0.3, 0.4) is 0 Å². The monoisotopic (exact) mass is 203 g/mol. The zero-order valence-corrected chi connectivity index (χ0v) is 8.85. The van der Waals surface area contributed by atoms with Crippen LogP contribution in [0.5, 0.6) is 0 Å². The molecule has 1 saturated heterocycles. The van der Waals surface area contributed by atoms with Crippen LogP contribution in [-0.2, 0) is 0 Å². The predicted molar refractivity (Wildman–Crippen MR) is 60.9 cm³/mol. The third kappa shape index (κ3) is 4.90. The van der Waals surface area contributed by atoms with E-state index in [1.807, 2.05) is 0 Å². The fourth-order valence-electron chi connectivity index (χ4n) is 2.01. The van der Waals surface area contributed by atoms with Gasteiger partial charge in [0.2, 0.25) is 0 Å². The lowest BCUT2D eigenvalue weighted by Gasteiger charge is -2.42. The van der Waals surface area contributed by atoms with Crippen LogP contribution in [0.15, 0.2) is 0 Å². The van der Waals surface area contributed by atoms with Gasteiger partial charge in [0.15, 0.2) is 0 Å². The van der Waals surface area contributed by atoms with E-state index in [1.165, 1.54) is 19.3 Å². The van der Waals surface area contributed by atoms with E-state index in [2.05, 4.69) is 33.0 Å². The minimum atomic E-state index is 0. The molecule has 0 aromatic carbocycles. The molecule has 0 atom stereocenters. The molecule has 0 unspecified atom stereocenters. The summed E-state index contributed by atoms with van der Waals surface area (Å²) in [7, 11) is 0. The van der Waals surface area contributed by atoms with Crippen molar-refractivity contribution < 1.29 is 0 Å². The highest BCUT2D eigenvalue weighted by molar-refractivity contribution is 5.85. The van der Waals surface area contributed by atoms with Crippen LogP contribution in [-0.4, -0.2) is 34.1 Å². The standard InChI is InChI=1S/C9H19N.ClH.Mg.2H/c1-8(2)6-5-7-9(3,4)10-8;;;;/h10H,5-7H2,1-4H3;1H;;;. The number of piperidine rings is 1. The SMILES string of the molecule is CC1(C)CCCC(C)(C)N1.Cl.[MgH2]. The normalized spacial score (nSPS) is 25.0. The number of hydrogen-bond acceptors (Lipinski definition) is 1. The predicted octanol–water partition coefficient (Wildman–Crippen LogP) is 1.82. The number of nitrogens with one attached hydrogen (secondary N) is 1. The third-order valence-electron chi connectivity index (χ3n) is 2.28. The van der Waals surface area contributed by atoms with Gasteiger partial charge in [0.25, 0.3) is 0 Å². The van der Waals surface area contributed by atoms with Crippen LogP contribution in [0.4, 0.5) is 0 Å². The summed E-state index contributed by atoms with van der Waals surface area (Å²) in [5.74, 6) is 0. The quantitative estimate of drug-likeness (QED) is 0.593. The van der Waals surface area contributed by atoms with Gasteiger partial charge in [-0.1, -0.05) is 0 Å². The summed E-state index contributed by atoms with van der Waals surface area (Å²) >= 11 is 0. The summed E-state index contributed by atoms with van der Waals surface area (Å²) in [6.45, 7) is 9.14. The van der Waals surface area contributed by atoms with Crippen molar-refractivity contribution in [2.75, 3.05) is 0 Å². The molecule has 72 valence electrons. The van der Waals surface area contributed by atoms with Gasteiger partial charge in [-0.3, -0.25) is 0 Å². The van der Waals surface area contributed by atoms with Crippen molar-refractivity contribution in [1.82, 2.24) is 5.32 Å². The first-order chi connectivity index (χ1) is 4.41. The van der Waals surface area contributed by atoms with Gasteiger partial charge < -0.3 is 5.32 Å². The van der Waals surface area contributed by atoms with Crippen molar-refractivity contribution in [2.45, 2.75) is 58.0 Å². The highest BCUT2D eigenvalue weighted by Crippen LogP contribution is 2.27. The summed E-state index contributed by atoms with van der Waals surface area (Å²) in [5.41, 5.74) is 0.726. The zero-order valence-electron chi connectivity index (χ0n) is 8.03. The average Bonchev–Trinajstić information content (AvgIpc) is 1.56. The molecular formula is C9H22ClMgN. The van der Waals surface area contributed by atoms with E-state index in [9.17, 15) is 0 Å². The molecule has 0 spiro atoms. The van der Waals surface area contributed by atoms with Gasteiger partial charge >= 0.3 is 23.1 Å². The molecule has 1 nitrogen and oxygen atoms in total.